The number of aliphatic carboxylic acids is 1. The van der Waals surface area contributed by atoms with Crippen molar-refractivity contribution in [3.8, 4) is 5.82 Å². The fourth-order valence-corrected chi connectivity index (χ4v) is 2.42. The topological polar surface area (TPSA) is 101 Å². The van der Waals surface area contributed by atoms with Gasteiger partial charge in [0.1, 0.15) is 6.04 Å². The summed E-state index contributed by atoms with van der Waals surface area (Å²) in [6, 6.07) is 0.756. The Morgan fingerprint density at radius 2 is 2.04 bits per heavy atom. The zero-order valence-corrected chi connectivity index (χ0v) is 13.5. The van der Waals surface area contributed by atoms with Crippen LogP contribution in [0.25, 0.3) is 5.82 Å². The summed E-state index contributed by atoms with van der Waals surface area (Å²) in [5, 5.41) is 16.6. The van der Waals surface area contributed by atoms with Gasteiger partial charge in [-0.25, -0.2) is 14.5 Å². The van der Waals surface area contributed by atoms with Crippen LogP contribution < -0.4 is 0 Å². The molecule has 0 aromatic carbocycles. The molecule has 2 heterocycles. The number of carboxylic acid groups (broad SMARTS) is 1. The average Bonchev–Trinajstić information content (AvgIpc) is 3.28. The van der Waals surface area contributed by atoms with Gasteiger partial charge in [-0.05, 0) is 31.9 Å². The van der Waals surface area contributed by atoms with Crippen molar-refractivity contribution in [3.05, 3.63) is 35.8 Å². The Morgan fingerprint density at radius 3 is 2.54 bits per heavy atom. The maximum atomic E-state index is 12.6. The molecule has 0 spiro atoms. The maximum Gasteiger partial charge on any atom is 0.417 e. The van der Waals surface area contributed by atoms with E-state index in [0.29, 0.717) is 19.0 Å². The van der Waals surface area contributed by atoms with Gasteiger partial charge in [0.15, 0.2) is 11.5 Å². The molecule has 2 aromatic rings. The summed E-state index contributed by atoms with van der Waals surface area (Å²) in [5.74, 6) is -1.68. The molecular weight excluding hydrogens is 355 g/mol. The lowest BCUT2D eigenvalue weighted by molar-refractivity contribution is -0.142. The number of hydrogen-bond donors (Lipinski definition) is 1. The molecule has 0 aliphatic heterocycles. The van der Waals surface area contributed by atoms with Crippen molar-refractivity contribution in [1.82, 2.24) is 24.9 Å². The fourth-order valence-electron chi connectivity index (χ4n) is 2.42. The molecule has 1 aliphatic rings. The number of carbonyl (C=O) groups excluding carboxylic acids is 1. The van der Waals surface area contributed by atoms with E-state index in [1.807, 2.05) is 0 Å². The molecule has 1 saturated carbocycles. The summed E-state index contributed by atoms with van der Waals surface area (Å²) in [6.07, 6.45) is -1.23. The van der Waals surface area contributed by atoms with Crippen molar-refractivity contribution in [1.29, 1.82) is 0 Å². The summed E-state index contributed by atoms with van der Waals surface area (Å²) >= 11 is 0. The molecule has 1 atom stereocenters. The predicted octanol–water partition coefficient (Wildman–Crippen LogP) is 1.76. The Hall–Kier alpha value is -2.98. The second-order valence-corrected chi connectivity index (χ2v) is 5.91. The van der Waals surface area contributed by atoms with Crippen LogP contribution in [0.3, 0.4) is 0 Å². The second kappa shape index (κ2) is 6.39. The van der Waals surface area contributed by atoms with Gasteiger partial charge in [-0.2, -0.15) is 13.2 Å². The van der Waals surface area contributed by atoms with Crippen LogP contribution >= 0.6 is 0 Å². The van der Waals surface area contributed by atoms with E-state index in [0.717, 1.165) is 16.8 Å². The number of carboxylic acids is 1. The first-order valence-corrected chi connectivity index (χ1v) is 7.70. The highest BCUT2D eigenvalue weighted by Gasteiger charge is 2.39. The molecule has 0 bridgehead atoms. The SMILES string of the molecule is CC(C(=O)O)N(C(=O)c1cn(-c2ccc(C(F)(F)F)cn2)nn1)C1CC1. The first kappa shape index (κ1) is 17.8. The van der Waals surface area contributed by atoms with Crippen molar-refractivity contribution < 1.29 is 27.9 Å². The van der Waals surface area contributed by atoms with Gasteiger partial charge in [0.05, 0.1) is 11.8 Å². The van der Waals surface area contributed by atoms with Gasteiger partial charge < -0.3 is 10.0 Å². The van der Waals surface area contributed by atoms with Crippen LogP contribution in [0.15, 0.2) is 24.5 Å². The maximum absolute atomic E-state index is 12.6. The number of aromatic nitrogens is 4. The molecule has 3 rings (SSSR count). The molecule has 1 amide bonds. The summed E-state index contributed by atoms with van der Waals surface area (Å²) in [6.45, 7) is 1.40. The molecule has 1 unspecified atom stereocenters. The van der Waals surface area contributed by atoms with Crippen LogP contribution in [0.5, 0.6) is 0 Å². The van der Waals surface area contributed by atoms with E-state index in [2.05, 4.69) is 15.3 Å². The largest absolute Gasteiger partial charge is 0.480 e. The lowest BCUT2D eigenvalue weighted by atomic mass is 10.2. The number of halogens is 3. The van der Waals surface area contributed by atoms with E-state index >= 15 is 0 Å². The highest BCUT2D eigenvalue weighted by molar-refractivity contribution is 5.95. The Labute approximate surface area is 145 Å². The summed E-state index contributed by atoms with van der Waals surface area (Å²) in [5.41, 5.74) is -1.01. The lowest BCUT2D eigenvalue weighted by Gasteiger charge is -2.25. The zero-order chi connectivity index (χ0) is 19.1. The lowest BCUT2D eigenvalue weighted by Crippen LogP contribution is -2.44. The van der Waals surface area contributed by atoms with E-state index in [4.69, 9.17) is 5.11 Å². The Bertz CT molecular complexity index is 830. The van der Waals surface area contributed by atoms with Crippen molar-refractivity contribution >= 4 is 11.9 Å². The van der Waals surface area contributed by atoms with Gasteiger partial charge in [-0.15, -0.1) is 5.10 Å². The van der Waals surface area contributed by atoms with E-state index in [9.17, 15) is 22.8 Å². The molecule has 2 aromatic heterocycles. The standard InChI is InChI=1S/C15H14F3N5O3/c1-8(14(25)26)23(10-3-4-10)13(24)11-7-22(21-20-11)12-5-2-9(6-19-12)15(16,17)18/h2,5-8,10H,3-4H2,1H3,(H,25,26). The van der Waals surface area contributed by atoms with Crippen molar-refractivity contribution in [2.75, 3.05) is 0 Å². The monoisotopic (exact) mass is 369 g/mol. The highest BCUT2D eigenvalue weighted by Crippen LogP contribution is 2.30. The molecule has 8 nitrogen and oxygen atoms in total. The molecular formula is C15H14F3N5O3. The van der Waals surface area contributed by atoms with Gasteiger partial charge in [-0.1, -0.05) is 5.21 Å². The van der Waals surface area contributed by atoms with Crippen LogP contribution in [0.1, 0.15) is 35.8 Å². The Balaban J connectivity index is 1.82. The third kappa shape index (κ3) is 3.51. The molecule has 0 radical (unpaired) electrons. The molecule has 0 saturated heterocycles. The molecule has 1 N–H and O–H groups in total. The van der Waals surface area contributed by atoms with Crippen LogP contribution in [0.2, 0.25) is 0 Å². The van der Waals surface area contributed by atoms with E-state index in [-0.39, 0.29) is 17.6 Å². The summed E-state index contributed by atoms with van der Waals surface area (Å²) in [7, 11) is 0. The fraction of sp³-hybridized carbons (Fsp3) is 0.400. The molecule has 11 heteroatoms. The average molecular weight is 369 g/mol. The van der Waals surface area contributed by atoms with Crippen LogP contribution in [-0.4, -0.2) is 53.9 Å². The van der Waals surface area contributed by atoms with E-state index in [1.165, 1.54) is 18.0 Å². The minimum atomic E-state index is -4.51. The molecule has 1 fully saturated rings. The van der Waals surface area contributed by atoms with Gasteiger partial charge >= 0.3 is 12.1 Å². The second-order valence-electron chi connectivity index (χ2n) is 5.91. The molecule has 26 heavy (non-hydrogen) atoms. The quantitative estimate of drug-likeness (QED) is 0.862. The third-order valence-electron chi connectivity index (χ3n) is 3.97. The number of amides is 1. The van der Waals surface area contributed by atoms with Crippen LogP contribution in [0.4, 0.5) is 13.2 Å². The van der Waals surface area contributed by atoms with E-state index in [1.54, 1.807) is 0 Å². The van der Waals surface area contributed by atoms with Crippen LogP contribution in [0, 0.1) is 0 Å². The third-order valence-corrected chi connectivity index (χ3v) is 3.97. The van der Waals surface area contributed by atoms with Crippen molar-refractivity contribution in [3.63, 3.8) is 0 Å². The summed E-state index contributed by atoms with van der Waals surface area (Å²) in [4.78, 5) is 28.7. The van der Waals surface area contributed by atoms with Gasteiger partial charge in [0, 0.05) is 12.2 Å². The smallest absolute Gasteiger partial charge is 0.417 e. The van der Waals surface area contributed by atoms with Gasteiger partial charge in [-0.3, -0.25) is 4.79 Å². The minimum Gasteiger partial charge on any atom is -0.480 e. The number of carbonyl (C=O) groups is 2. The first-order valence-electron chi connectivity index (χ1n) is 7.70. The van der Waals surface area contributed by atoms with Gasteiger partial charge in [0.25, 0.3) is 5.91 Å². The number of pyridine rings is 1. The van der Waals surface area contributed by atoms with Crippen molar-refractivity contribution in [2.45, 2.75) is 38.0 Å². The normalized spacial score (nSPS) is 15.5. The zero-order valence-electron chi connectivity index (χ0n) is 13.5. The first-order chi connectivity index (χ1) is 12.2. The molecule has 138 valence electrons. The van der Waals surface area contributed by atoms with Crippen molar-refractivity contribution in [2.24, 2.45) is 0 Å². The Morgan fingerprint density at radius 1 is 1.35 bits per heavy atom. The number of hydrogen-bond acceptors (Lipinski definition) is 5. The number of rotatable bonds is 5. The van der Waals surface area contributed by atoms with Gasteiger partial charge in [0.2, 0.25) is 0 Å². The summed E-state index contributed by atoms with van der Waals surface area (Å²) < 4.78 is 38.8. The number of alkyl halides is 3. The minimum absolute atomic E-state index is 0.0498. The van der Waals surface area contributed by atoms with Crippen LogP contribution in [-0.2, 0) is 11.0 Å². The van der Waals surface area contributed by atoms with E-state index < -0.39 is 29.7 Å². The Kier molecular flexibility index (Phi) is 4.38. The predicted molar refractivity (Wildman–Crippen MR) is 80.4 cm³/mol. The number of nitrogens with zero attached hydrogens (tertiary/aromatic N) is 5. The highest BCUT2D eigenvalue weighted by atomic mass is 19.4. The molecule has 1 aliphatic carbocycles.